The van der Waals surface area contributed by atoms with Crippen LogP contribution in [0.15, 0.2) is 71.2 Å². The van der Waals surface area contributed by atoms with Crippen LogP contribution in [0.5, 0.6) is 0 Å². The molecule has 0 aromatic heterocycles. The molecular weight excluding hydrogens is 412 g/mol. The number of thioether (sulfide) groups is 1. The van der Waals surface area contributed by atoms with Gasteiger partial charge < -0.3 is 0 Å². The van der Waals surface area contributed by atoms with Crippen LogP contribution < -0.4 is 0 Å². The van der Waals surface area contributed by atoms with E-state index in [0.717, 1.165) is 32.1 Å². The van der Waals surface area contributed by atoms with Gasteiger partial charge in [-0.25, -0.2) is 0 Å². The first-order chi connectivity index (χ1) is 15.4. The van der Waals surface area contributed by atoms with Gasteiger partial charge in [0.1, 0.15) is 5.78 Å². The lowest BCUT2D eigenvalue weighted by Crippen LogP contribution is -2.54. The van der Waals surface area contributed by atoms with Gasteiger partial charge in [0.05, 0.1) is 0 Å². The van der Waals surface area contributed by atoms with Crippen molar-refractivity contribution in [1.82, 2.24) is 0 Å². The third-order valence-electron chi connectivity index (χ3n) is 9.27. The van der Waals surface area contributed by atoms with Crippen molar-refractivity contribution in [1.29, 1.82) is 0 Å². The molecule has 32 heavy (non-hydrogen) atoms. The Kier molecular flexibility index (Phi) is 4.60. The van der Waals surface area contributed by atoms with Crippen molar-refractivity contribution in [3.05, 3.63) is 66.3 Å². The molecule has 3 saturated carbocycles. The molecule has 0 heterocycles. The molecule has 0 amide bonds. The summed E-state index contributed by atoms with van der Waals surface area (Å²) in [6, 6.07) is 15.3. The highest BCUT2D eigenvalue weighted by Gasteiger charge is 2.61. The summed E-state index contributed by atoms with van der Waals surface area (Å²) >= 11 is 1.98. The quantitative estimate of drug-likeness (QED) is 0.514. The molecule has 4 aliphatic rings. The highest BCUT2D eigenvalue weighted by Crippen LogP contribution is 2.65. The molecule has 6 rings (SSSR count). The largest absolute Gasteiger partial charge is 0.299 e. The maximum absolute atomic E-state index is 12.9. The van der Waals surface area contributed by atoms with Crippen LogP contribution in [0.25, 0.3) is 10.8 Å². The lowest BCUT2D eigenvalue weighted by atomic mass is 9.48. The molecule has 3 heteroatoms. The summed E-state index contributed by atoms with van der Waals surface area (Å²) in [7, 11) is 0. The van der Waals surface area contributed by atoms with Crippen molar-refractivity contribution in [2.75, 3.05) is 0 Å². The molecule has 0 saturated heterocycles. The summed E-state index contributed by atoms with van der Waals surface area (Å²) in [6.45, 7) is 4.59. The number of hydrogen-bond acceptors (Lipinski definition) is 3. The fraction of sp³-hybridized carbons (Fsp3) is 0.448. The number of benzene rings is 2. The monoisotopic (exact) mass is 442 g/mol. The lowest BCUT2D eigenvalue weighted by molar-refractivity contribution is -0.131. The predicted molar refractivity (Wildman–Crippen MR) is 131 cm³/mol. The van der Waals surface area contributed by atoms with Gasteiger partial charge in [-0.1, -0.05) is 55.8 Å². The Morgan fingerprint density at radius 1 is 0.969 bits per heavy atom. The number of fused-ring (bicyclic) bond motifs is 6. The van der Waals surface area contributed by atoms with E-state index >= 15 is 0 Å². The standard InChI is InChI=1S/C29H30O2S/c1-28-13-11-21(30)16-20(28)17-25(32-22-8-7-18-5-3-4-6-19(18)15-22)27-23-9-10-26(31)29(23,2)14-12-24(27)28/h3-8,11,13,15-16,23-25,27H,9-10,12,14,17H2,1-2H3/t23-,24-,25+,27-,28-,29-/m0/s1. The van der Waals surface area contributed by atoms with Crippen LogP contribution >= 0.6 is 11.8 Å². The van der Waals surface area contributed by atoms with Crippen LogP contribution in [-0.2, 0) is 9.59 Å². The van der Waals surface area contributed by atoms with Crippen LogP contribution in [0.3, 0.4) is 0 Å². The zero-order valence-corrected chi connectivity index (χ0v) is 19.7. The summed E-state index contributed by atoms with van der Waals surface area (Å²) in [5, 5.41) is 2.94. The summed E-state index contributed by atoms with van der Waals surface area (Å²) in [5.41, 5.74) is 1.10. The molecule has 3 fully saturated rings. The zero-order chi connectivity index (χ0) is 22.1. The number of carbonyl (C=O) groups is 2. The minimum Gasteiger partial charge on any atom is -0.299 e. The maximum Gasteiger partial charge on any atom is 0.178 e. The van der Waals surface area contributed by atoms with E-state index in [1.54, 1.807) is 6.08 Å². The molecule has 0 N–H and O–H groups in total. The first-order valence-electron chi connectivity index (χ1n) is 12.0. The molecule has 6 atom stereocenters. The number of ketones is 2. The second-order valence-electron chi connectivity index (χ2n) is 10.8. The van der Waals surface area contributed by atoms with Gasteiger partial charge in [-0.3, -0.25) is 9.59 Å². The summed E-state index contributed by atoms with van der Waals surface area (Å²) in [6.07, 6.45) is 10.7. The average molecular weight is 443 g/mol. The Bertz CT molecular complexity index is 1190. The number of carbonyl (C=O) groups excluding carboxylic acids is 2. The molecule has 2 aromatic rings. The van der Waals surface area contributed by atoms with Crippen LogP contribution in [0.2, 0.25) is 0 Å². The molecule has 2 aromatic carbocycles. The van der Waals surface area contributed by atoms with Crippen molar-refractivity contribution >= 4 is 34.1 Å². The Morgan fingerprint density at radius 2 is 1.78 bits per heavy atom. The molecule has 0 spiro atoms. The first kappa shape index (κ1) is 20.5. The van der Waals surface area contributed by atoms with Gasteiger partial charge in [-0.2, -0.15) is 0 Å². The van der Waals surface area contributed by atoms with E-state index in [4.69, 9.17) is 0 Å². The van der Waals surface area contributed by atoms with E-state index in [1.807, 2.05) is 17.8 Å². The highest BCUT2D eigenvalue weighted by molar-refractivity contribution is 8.00. The number of Topliss-reactive ketones (excluding diaryl/α,β-unsaturated/α-hetero) is 1. The molecular formula is C29H30O2S. The second kappa shape index (κ2) is 7.18. The summed E-state index contributed by atoms with van der Waals surface area (Å²) in [4.78, 5) is 26.5. The number of allylic oxidation sites excluding steroid dienone is 4. The SMILES string of the molecule is C[C@]12C=CC(=O)C=C1C[C@@H](Sc1ccc3ccccc3c1)[C@@H]1[C@@H]2CC[C@]2(C)C(=O)CC[C@@H]12. The van der Waals surface area contributed by atoms with Crippen molar-refractivity contribution in [2.45, 2.75) is 56.1 Å². The second-order valence-corrected chi connectivity index (χ2v) is 12.1. The minimum atomic E-state index is -0.158. The first-order valence-corrected chi connectivity index (χ1v) is 12.9. The van der Waals surface area contributed by atoms with Crippen molar-refractivity contribution in [3.8, 4) is 0 Å². The van der Waals surface area contributed by atoms with Gasteiger partial charge in [0.2, 0.25) is 0 Å². The Morgan fingerprint density at radius 3 is 2.62 bits per heavy atom. The van der Waals surface area contributed by atoms with Crippen LogP contribution in [-0.4, -0.2) is 16.8 Å². The van der Waals surface area contributed by atoms with Crippen LogP contribution in [0.1, 0.15) is 46.0 Å². The maximum atomic E-state index is 12.9. The molecule has 0 aliphatic heterocycles. The molecule has 4 aliphatic carbocycles. The van der Waals surface area contributed by atoms with Gasteiger partial charge in [-0.15, -0.1) is 11.8 Å². The smallest absolute Gasteiger partial charge is 0.178 e. The Balaban J connectivity index is 1.42. The number of hydrogen-bond donors (Lipinski definition) is 0. The normalized spacial score (nSPS) is 38.2. The average Bonchev–Trinajstić information content (AvgIpc) is 3.09. The van der Waals surface area contributed by atoms with Gasteiger partial charge >= 0.3 is 0 Å². The summed E-state index contributed by atoms with van der Waals surface area (Å²) < 4.78 is 0. The van der Waals surface area contributed by atoms with Gasteiger partial charge in [0.25, 0.3) is 0 Å². The summed E-state index contributed by atoms with van der Waals surface area (Å²) in [5.74, 6) is 2.06. The van der Waals surface area contributed by atoms with E-state index in [2.05, 4.69) is 62.4 Å². The Labute approximate surface area is 194 Å². The minimum absolute atomic E-state index is 0.0496. The predicted octanol–water partition coefficient (Wildman–Crippen LogP) is 6.79. The van der Waals surface area contributed by atoms with Gasteiger partial charge in [0, 0.05) is 27.4 Å². The van der Waals surface area contributed by atoms with Gasteiger partial charge in [-0.05, 0) is 78.5 Å². The topological polar surface area (TPSA) is 34.1 Å². The van der Waals surface area contributed by atoms with E-state index in [0.29, 0.717) is 28.8 Å². The van der Waals surface area contributed by atoms with Gasteiger partial charge in [0.15, 0.2) is 5.78 Å². The molecule has 0 radical (unpaired) electrons. The zero-order valence-electron chi connectivity index (χ0n) is 18.8. The fourth-order valence-corrected chi connectivity index (χ4v) is 8.94. The van der Waals surface area contributed by atoms with E-state index in [-0.39, 0.29) is 16.6 Å². The van der Waals surface area contributed by atoms with Crippen molar-refractivity contribution in [3.63, 3.8) is 0 Å². The molecule has 0 unspecified atom stereocenters. The third kappa shape index (κ3) is 2.93. The molecule has 2 nitrogen and oxygen atoms in total. The van der Waals surface area contributed by atoms with Crippen molar-refractivity contribution in [2.24, 2.45) is 28.6 Å². The van der Waals surface area contributed by atoms with Crippen LogP contribution in [0.4, 0.5) is 0 Å². The van der Waals surface area contributed by atoms with Crippen molar-refractivity contribution < 1.29 is 9.59 Å². The van der Waals surface area contributed by atoms with Crippen LogP contribution in [0, 0.1) is 28.6 Å². The molecule has 164 valence electrons. The molecule has 0 bridgehead atoms. The third-order valence-corrected chi connectivity index (χ3v) is 10.6. The fourth-order valence-electron chi connectivity index (χ4n) is 7.45. The highest BCUT2D eigenvalue weighted by atomic mass is 32.2. The van der Waals surface area contributed by atoms with E-state index < -0.39 is 0 Å². The lowest BCUT2D eigenvalue weighted by Gasteiger charge is -2.58. The van der Waals surface area contributed by atoms with E-state index in [1.165, 1.54) is 21.2 Å². The Hall–Kier alpha value is -2.13. The van der Waals surface area contributed by atoms with E-state index in [9.17, 15) is 9.59 Å². The number of rotatable bonds is 2.